The Labute approximate surface area is 216 Å². The van der Waals surface area contributed by atoms with Crippen molar-refractivity contribution in [1.82, 2.24) is 15.3 Å². The Balaban J connectivity index is 1.43. The Kier molecular flexibility index (Phi) is 6.98. The molecule has 1 atom stereocenters. The topological polar surface area (TPSA) is 122 Å². The van der Waals surface area contributed by atoms with Gasteiger partial charge in [0.05, 0.1) is 32.8 Å². The lowest BCUT2D eigenvalue weighted by molar-refractivity contribution is -0.156. The van der Waals surface area contributed by atoms with Gasteiger partial charge in [-0.25, -0.2) is 14.8 Å². The maximum Gasteiger partial charge on any atom is 0.374 e. The second-order valence-corrected chi connectivity index (χ2v) is 12.0. The Morgan fingerprint density at radius 2 is 1.60 bits per heavy atom. The summed E-state index contributed by atoms with van der Waals surface area (Å²) in [6, 6.07) is 15.4. The molecule has 0 aliphatic carbocycles. The van der Waals surface area contributed by atoms with Crippen LogP contribution in [0.1, 0.15) is 0 Å². The highest BCUT2D eigenvalue weighted by molar-refractivity contribution is 8.01. The van der Waals surface area contributed by atoms with Crippen LogP contribution in [0.4, 0.5) is 0 Å². The van der Waals surface area contributed by atoms with Gasteiger partial charge in [0.2, 0.25) is 11.4 Å². The fraction of sp³-hybridized carbons (Fsp3) is 0.217. The molecule has 12 heteroatoms. The third kappa shape index (κ3) is 4.76. The first-order chi connectivity index (χ1) is 17.0. The highest BCUT2D eigenvalue weighted by Crippen LogP contribution is 2.42. The lowest BCUT2D eigenvalue weighted by atomic mass is 9.96. The van der Waals surface area contributed by atoms with Crippen molar-refractivity contribution in [3.8, 4) is 0 Å². The summed E-state index contributed by atoms with van der Waals surface area (Å²) in [6.07, 6.45) is 0. The summed E-state index contributed by atoms with van der Waals surface area (Å²) in [7, 11) is 0. The zero-order valence-electron chi connectivity index (χ0n) is 18.1. The number of hydrogen-bond acceptors (Lipinski definition) is 11. The molecule has 0 saturated heterocycles. The minimum absolute atomic E-state index is 0.0109. The molecule has 2 aromatic carbocycles. The molecule has 5 rings (SSSR count). The number of rotatable bonds is 9. The van der Waals surface area contributed by atoms with Gasteiger partial charge in [-0.15, -0.1) is 22.7 Å². The van der Waals surface area contributed by atoms with E-state index >= 15 is 0 Å². The summed E-state index contributed by atoms with van der Waals surface area (Å²) in [5, 5.41) is 22.4. The van der Waals surface area contributed by atoms with Gasteiger partial charge in [0.1, 0.15) is 0 Å². The van der Waals surface area contributed by atoms with Crippen LogP contribution in [-0.2, 0) is 14.3 Å². The number of carbonyl (C=O) groups is 2. The largest absolute Gasteiger partial charge is 0.502 e. The fourth-order valence-electron chi connectivity index (χ4n) is 3.57. The number of thiazole rings is 2. The molecule has 1 unspecified atom stereocenters. The van der Waals surface area contributed by atoms with Gasteiger partial charge in [-0.3, -0.25) is 4.79 Å². The summed E-state index contributed by atoms with van der Waals surface area (Å²) in [6.45, 7) is -0.282. The molecule has 1 aliphatic heterocycles. The quantitative estimate of drug-likeness (QED) is 0.212. The van der Waals surface area contributed by atoms with Crippen molar-refractivity contribution in [3.05, 3.63) is 59.9 Å². The first kappa shape index (κ1) is 24.1. The number of hydrogen-bond donors (Lipinski definition) is 3. The number of cyclic esters (lactones) is 1. The summed E-state index contributed by atoms with van der Waals surface area (Å²) in [4.78, 5) is 34.9. The summed E-state index contributed by atoms with van der Waals surface area (Å²) in [5.74, 6) is -1.96. The van der Waals surface area contributed by atoms with Crippen LogP contribution in [0.3, 0.4) is 0 Å². The van der Waals surface area contributed by atoms with E-state index in [1.54, 1.807) is 0 Å². The second kappa shape index (κ2) is 10.2. The number of nitrogens with zero attached hydrogens (tertiary/aromatic N) is 2. The van der Waals surface area contributed by atoms with Gasteiger partial charge in [-0.2, -0.15) is 0 Å². The molecule has 0 saturated carbocycles. The number of aromatic nitrogens is 2. The van der Waals surface area contributed by atoms with Crippen molar-refractivity contribution in [1.29, 1.82) is 0 Å². The monoisotopic (exact) mass is 545 g/mol. The number of ether oxygens (including phenoxy) is 1. The number of benzene rings is 2. The Hall–Kier alpha value is -2.64. The molecule has 0 spiro atoms. The van der Waals surface area contributed by atoms with Crippen molar-refractivity contribution in [2.75, 3.05) is 24.7 Å². The van der Waals surface area contributed by atoms with E-state index in [0.29, 0.717) is 4.34 Å². The maximum absolute atomic E-state index is 13.3. The smallest absolute Gasteiger partial charge is 0.374 e. The zero-order valence-corrected chi connectivity index (χ0v) is 21.4. The van der Waals surface area contributed by atoms with Crippen molar-refractivity contribution < 1.29 is 24.5 Å². The molecule has 0 fully saturated rings. The predicted octanol–water partition coefficient (Wildman–Crippen LogP) is 4.01. The van der Waals surface area contributed by atoms with E-state index in [0.717, 1.165) is 24.8 Å². The van der Waals surface area contributed by atoms with E-state index in [2.05, 4.69) is 15.3 Å². The van der Waals surface area contributed by atoms with Gasteiger partial charge in [-0.05, 0) is 24.3 Å². The normalized spacial score (nSPS) is 17.9. The molecular formula is C23H19N3O5S4. The molecular weight excluding hydrogens is 527 g/mol. The van der Waals surface area contributed by atoms with E-state index in [1.165, 1.54) is 46.2 Å². The molecule has 3 N–H and O–H groups in total. The molecule has 1 amide bonds. The van der Waals surface area contributed by atoms with Crippen LogP contribution in [0, 0.1) is 0 Å². The van der Waals surface area contributed by atoms with Crippen LogP contribution in [0.2, 0.25) is 0 Å². The highest BCUT2D eigenvalue weighted by atomic mass is 32.2. The molecule has 35 heavy (non-hydrogen) atoms. The van der Waals surface area contributed by atoms with E-state index in [-0.39, 0.29) is 30.2 Å². The minimum Gasteiger partial charge on any atom is -0.502 e. The van der Waals surface area contributed by atoms with Gasteiger partial charge < -0.3 is 20.3 Å². The Bertz CT molecular complexity index is 1380. The highest BCUT2D eigenvalue weighted by Gasteiger charge is 2.54. The van der Waals surface area contributed by atoms with Crippen molar-refractivity contribution in [2.24, 2.45) is 0 Å². The number of nitrogens with one attached hydrogen (secondary N) is 1. The minimum atomic E-state index is -1.73. The van der Waals surface area contributed by atoms with E-state index in [9.17, 15) is 19.8 Å². The lowest BCUT2D eigenvalue weighted by Gasteiger charge is -2.28. The van der Waals surface area contributed by atoms with Crippen LogP contribution in [0.5, 0.6) is 0 Å². The van der Waals surface area contributed by atoms with Gasteiger partial charge in [0.15, 0.2) is 8.68 Å². The SMILES string of the molecule is O=C1OC(CSc2nc3ccccc3s2)(C(=O)NCCO)C(CSc2nc3ccccc3s2)=C1O. The molecule has 180 valence electrons. The lowest BCUT2D eigenvalue weighted by Crippen LogP contribution is -2.52. The number of carbonyl (C=O) groups excluding carboxylic acids is 2. The average Bonchev–Trinajstić information content (AvgIpc) is 3.54. The van der Waals surface area contributed by atoms with E-state index < -0.39 is 23.2 Å². The standard InChI is InChI=1S/C23H19N3O5S4/c27-10-9-24-20(30)23(12-33-22-26-15-6-2-4-8-17(15)35-22)13(18(28)19(29)31-23)11-32-21-25-14-5-1-3-7-16(14)34-21/h1-8,27-28H,9-12H2,(H,24,30). The van der Waals surface area contributed by atoms with Crippen molar-refractivity contribution in [2.45, 2.75) is 14.3 Å². The fourth-order valence-corrected chi connectivity index (χ4v) is 7.98. The Morgan fingerprint density at radius 3 is 2.20 bits per heavy atom. The number of thioether (sulfide) groups is 2. The molecule has 8 nitrogen and oxygen atoms in total. The number of para-hydroxylation sites is 2. The molecule has 1 aliphatic rings. The third-order valence-electron chi connectivity index (χ3n) is 5.29. The van der Waals surface area contributed by atoms with E-state index in [1.807, 2.05) is 48.5 Å². The molecule has 2 aromatic heterocycles. The molecule has 3 heterocycles. The average molecular weight is 546 g/mol. The number of fused-ring (bicyclic) bond motifs is 2. The second-order valence-electron chi connectivity index (χ2n) is 7.50. The summed E-state index contributed by atoms with van der Waals surface area (Å²) >= 11 is 5.56. The number of esters is 1. The third-order valence-corrected chi connectivity index (χ3v) is 9.81. The van der Waals surface area contributed by atoms with Gasteiger partial charge in [0.25, 0.3) is 5.91 Å². The van der Waals surface area contributed by atoms with Crippen LogP contribution >= 0.6 is 46.2 Å². The first-order valence-electron chi connectivity index (χ1n) is 10.5. The Morgan fingerprint density at radius 1 is 1.00 bits per heavy atom. The molecule has 4 aromatic rings. The number of aliphatic hydroxyl groups is 2. The molecule has 0 radical (unpaired) electrons. The van der Waals surface area contributed by atoms with Gasteiger partial charge in [-0.1, -0.05) is 47.8 Å². The van der Waals surface area contributed by atoms with Crippen LogP contribution < -0.4 is 5.32 Å². The maximum atomic E-state index is 13.3. The van der Waals surface area contributed by atoms with Crippen molar-refractivity contribution in [3.63, 3.8) is 0 Å². The first-order valence-corrected chi connectivity index (χ1v) is 14.1. The van der Waals surface area contributed by atoms with Crippen molar-refractivity contribution >= 4 is 78.5 Å². The zero-order chi connectivity index (χ0) is 24.4. The summed E-state index contributed by atoms with van der Waals surface area (Å²) < 4.78 is 9.02. The predicted molar refractivity (Wildman–Crippen MR) is 139 cm³/mol. The van der Waals surface area contributed by atoms with Crippen LogP contribution in [0.25, 0.3) is 20.4 Å². The molecule has 0 bridgehead atoms. The van der Waals surface area contributed by atoms with Gasteiger partial charge in [0, 0.05) is 17.9 Å². The van der Waals surface area contributed by atoms with Crippen LogP contribution in [-0.4, -0.2) is 62.3 Å². The van der Waals surface area contributed by atoms with Gasteiger partial charge >= 0.3 is 5.97 Å². The number of amides is 1. The van der Waals surface area contributed by atoms with Crippen LogP contribution in [0.15, 0.2) is 68.5 Å². The number of aliphatic hydroxyl groups excluding tert-OH is 2. The summed E-state index contributed by atoms with van der Waals surface area (Å²) in [5.41, 5.74) is 0.140. The van der Waals surface area contributed by atoms with E-state index in [4.69, 9.17) is 4.74 Å².